The Morgan fingerprint density at radius 3 is 2.74 bits per heavy atom. The van der Waals surface area contributed by atoms with Crippen LogP contribution in [-0.2, 0) is 9.47 Å². The van der Waals surface area contributed by atoms with Gasteiger partial charge in [-0.1, -0.05) is 6.07 Å². The summed E-state index contributed by atoms with van der Waals surface area (Å²) in [5.74, 6) is -1.61. The van der Waals surface area contributed by atoms with E-state index in [4.69, 9.17) is 9.47 Å². The van der Waals surface area contributed by atoms with E-state index in [9.17, 15) is 25.3 Å². The first-order valence-electron chi connectivity index (χ1n) is 7.23. The topological polar surface area (TPSA) is 125 Å². The van der Waals surface area contributed by atoms with Gasteiger partial charge in [0, 0.05) is 14.7 Å². The van der Waals surface area contributed by atoms with Crippen molar-refractivity contribution in [3.05, 3.63) is 42.6 Å². The molecule has 7 atom stereocenters. The molecule has 1 aliphatic carbocycles. The summed E-state index contributed by atoms with van der Waals surface area (Å²) in [6, 6.07) is 0.620. The average molecular weight is 342 g/mol. The SMILES string of the molecule is O=[N+]([O-])[C@@H]1[C@H]2C[C@@](O)([C@H]3OC[C@H]2O3)[C@H]([N+](=O)[O-])[C@H]1c1cccs1. The maximum Gasteiger partial charge on any atom is 0.260 e. The largest absolute Gasteiger partial charge is 0.378 e. The first-order valence-corrected chi connectivity index (χ1v) is 8.11. The van der Waals surface area contributed by atoms with E-state index in [1.165, 1.54) is 11.3 Å². The summed E-state index contributed by atoms with van der Waals surface area (Å²) in [7, 11) is 0. The second kappa shape index (κ2) is 4.94. The van der Waals surface area contributed by atoms with Crippen LogP contribution in [0, 0.1) is 26.1 Å². The van der Waals surface area contributed by atoms with Crippen molar-refractivity contribution in [1.29, 1.82) is 0 Å². The number of thiophene rings is 1. The van der Waals surface area contributed by atoms with Crippen LogP contribution in [0.4, 0.5) is 0 Å². The van der Waals surface area contributed by atoms with Crippen LogP contribution in [0.2, 0.25) is 0 Å². The Labute approximate surface area is 134 Å². The molecule has 0 aromatic carbocycles. The van der Waals surface area contributed by atoms with E-state index in [2.05, 4.69) is 0 Å². The average Bonchev–Trinajstić information content (AvgIpc) is 3.15. The number of nitrogens with zero attached hydrogens (tertiary/aromatic N) is 2. The molecule has 0 unspecified atom stereocenters. The van der Waals surface area contributed by atoms with Crippen LogP contribution < -0.4 is 0 Å². The summed E-state index contributed by atoms with van der Waals surface area (Å²) in [6.07, 6.45) is -1.67. The molecule has 0 radical (unpaired) electrons. The number of ether oxygens (including phenoxy) is 2. The van der Waals surface area contributed by atoms with Gasteiger partial charge in [0.2, 0.25) is 6.04 Å². The number of aliphatic hydroxyl groups is 1. The van der Waals surface area contributed by atoms with Gasteiger partial charge in [-0.2, -0.15) is 0 Å². The molecule has 1 saturated carbocycles. The van der Waals surface area contributed by atoms with Crippen LogP contribution in [-0.4, -0.2) is 51.6 Å². The number of nitro groups is 2. The fourth-order valence-electron chi connectivity index (χ4n) is 4.28. The second-order valence-corrected chi connectivity index (χ2v) is 7.23. The van der Waals surface area contributed by atoms with E-state index in [0.717, 1.165) is 0 Å². The van der Waals surface area contributed by atoms with E-state index in [-0.39, 0.29) is 13.0 Å². The molecule has 0 spiro atoms. The third kappa shape index (κ3) is 1.95. The minimum atomic E-state index is -1.86. The molecule has 124 valence electrons. The van der Waals surface area contributed by atoms with Crippen molar-refractivity contribution in [1.82, 2.24) is 0 Å². The Bertz CT molecular complexity index is 653. The molecular formula is C13H14N2O7S. The van der Waals surface area contributed by atoms with Gasteiger partial charge in [-0.05, 0) is 17.9 Å². The summed E-state index contributed by atoms with van der Waals surface area (Å²) in [4.78, 5) is 22.9. The smallest absolute Gasteiger partial charge is 0.260 e. The van der Waals surface area contributed by atoms with Crippen molar-refractivity contribution >= 4 is 11.3 Å². The Morgan fingerprint density at radius 2 is 2.13 bits per heavy atom. The highest BCUT2D eigenvalue weighted by Crippen LogP contribution is 2.54. The van der Waals surface area contributed by atoms with E-state index < -0.39 is 51.8 Å². The van der Waals surface area contributed by atoms with Gasteiger partial charge < -0.3 is 14.6 Å². The molecule has 3 heterocycles. The number of hydrogen-bond donors (Lipinski definition) is 1. The highest BCUT2D eigenvalue weighted by Gasteiger charge is 2.73. The van der Waals surface area contributed by atoms with E-state index in [1.54, 1.807) is 17.5 Å². The second-order valence-electron chi connectivity index (χ2n) is 6.25. The first kappa shape index (κ1) is 14.9. The molecule has 1 N–H and O–H groups in total. The normalized spacial score (nSPS) is 44.9. The van der Waals surface area contributed by atoms with E-state index >= 15 is 0 Å². The highest BCUT2D eigenvalue weighted by molar-refractivity contribution is 7.10. The van der Waals surface area contributed by atoms with Gasteiger partial charge in [-0.3, -0.25) is 20.2 Å². The Morgan fingerprint density at radius 1 is 1.35 bits per heavy atom. The minimum Gasteiger partial charge on any atom is -0.378 e. The van der Waals surface area contributed by atoms with Crippen LogP contribution >= 0.6 is 11.3 Å². The maximum absolute atomic E-state index is 11.7. The molecule has 10 heteroatoms. The summed E-state index contributed by atoms with van der Waals surface area (Å²) in [5.41, 5.74) is -1.86. The number of hydrogen-bond acceptors (Lipinski definition) is 8. The molecule has 4 rings (SSSR count). The molecule has 2 aliphatic heterocycles. The molecule has 9 nitrogen and oxygen atoms in total. The molecule has 23 heavy (non-hydrogen) atoms. The monoisotopic (exact) mass is 342 g/mol. The zero-order valence-corrected chi connectivity index (χ0v) is 12.6. The predicted octanol–water partition coefficient (Wildman–Crippen LogP) is 0.628. The van der Waals surface area contributed by atoms with E-state index in [0.29, 0.717) is 4.88 Å². The molecule has 1 aromatic heterocycles. The van der Waals surface area contributed by atoms with Crippen molar-refractivity contribution in [2.75, 3.05) is 6.61 Å². The van der Waals surface area contributed by atoms with Crippen LogP contribution in [0.3, 0.4) is 0 Å². The van der Waals surface area contributed by atoms with Crippen LogP contribution in [0.5, 0.6) is 0 Å². The third-order valence-electron chi connectivity index (χ3n) is 5.16. The van der Waals surface area contributed by atoms with Gasteiger partial charge in [0.25, 0.3) is 6.04 Å². The predicted molar refractivity (Wildman–Crippen MR) is 76.3 cm³/mol. The Balaban J connectivity index is 1.89. The fraction of sp³-hybridized carbons (Fsp3) is 0.692. The van der Waals surface area contributed by atoms with Crippen molar-refractivity contribution in [2.45, 2.75) is 42.4 Å². The zero-order chi connectivity index (χ0) is 16.4. The summed E-state index contributed by atoms with van der Waals surface area (Å²) < 4.78 is 10.9. The molecule has 3 fully saturated rings. The third-order valence-corrected chi connectivity index (χ3v) is 6.13. The lowest BCUT2D eigenvalue weighted by molar-refractivity contribution is -0.607. The zero-order valence-electron chi connectivity index (χ0n) is 11.8. The molecule has 2 saturated heterocycles. The molecule has 1 aromatic rings. The minimum absolute atomic E-state index is 0.0541. The fourth-order valence-corrected chi connectivity index (χ4v) is 5.18. The standard InChI is InChI=1S/C13H14N2O7S/c16-13-4-6(7-5-21-12(13)22-7)10(14(17)18)9(11(13)15(19)20)8-2-1-3-23-8/h1-3,6-7,9-12,16H,4-5H2/t6-,7+,9-,10+,11+,12-,13-/m0/s1. The van der Waals surface area contributed by atoms with Crippen LogP contribution in [0.1, 0.15) is 17.2 Å². The van der Waals surface area contributed by atoms with Gasteiger partial charge in [-0.25, -0.2) is 0 Å². The summed E-state index contributed by atoms with van der Waals surface area (Å²) >= 11 is 1.23. The lowest BCUT2D eigenvalue weighted by Crippen LogP contribution is -2.69. The number of rotatable bonds is 3. The molecular weight excluding hydrogens is 328 g/mol. The first-order chi connectivity index (χ1) is 10.9. The summed E-state index contributed by atoms with van der Waals surface area (Å²) in [6.45, 7) is 0.115. The van der Waals surface area contributed by atoms with Gasteiger partial charge in [0.05, 0.1) is 18.6 Å². The molecule has 3 aliphatic rings. The van der Waals surface area contributed by atoms with Crippen LogP contribution in [0.25, 0.3) is 0 Å². The highest BCUT2D eigenvalue weighted by atomic mass is 32.1. The molecule has 0 amide bonds. The number of fused-ring (bicyclic) bond motifs is 6. The van der Waals surface area contributed by atoms with Crippen molar-refractivity contribution in [2.24, 2.45) is 5.92 Å². The van der Waals surface area contributed by atoms with E-state index in [1.807, 2.05) is 0 Å². The lowest BCUT2D eigenvalue weighted by Gasteiger charge is -2.48. The quantitative estimate of drug-likeness (QED) is 0.631. The van der Waals surface area contributed by atoms with Gasteiger partial charge in [0.1, 0.15) is 5.92 Å². The van der Waals surface area contributed by atoms with Gasteiger partial charge in [0.15, 0.2) is 11.9 Å². The maximum atomic E-state index is 11.7. The van der Waals surface area contributed by atoms with Gasteiger partial charge >= 0.3 is 0 Å². The van der Waals surface area contributed by atoms with Crippen molar-refractivity contribution < 1.29 is 24.4 Å². The lowest BCUT2D eigenvalue weighted by atomic mass is 9.63. The van der Waals surface area contributed by atoms with Crippen molar-refractivity contribution in [3.63, 3.8) is 0 Å². The summed E-state index contributed by atoms with van der Waals surface area (Å²) in [5, 5.41) is 36.1. The Kier molecular flexibility index (Phi) is 3.21. The van der Waals surface area contributed by atoms with Gasteiger partial charge in [-0.15, -0.1) is 11.3 Å². The van der Waals surface area contributed by atoms with Crippen molar-refractivity contribution in [3.8, 4) is 0 Å². The van der Waals surface area contributed by atoms with Crippen LogP contribution in [0.15, 0.2) is 17.5 Å². The Hall–Kier alpha value is -1.62. The molecule has 4 bridgehead atoms.